The van der Waals surface area contributed by atoms with E-state index >= 15 is 0 Å². The molecule has 1 aliphatic rings. The molecule has 0 aromatic heterocycles. The molecule has 2 rings (SSSR count). The molecule has 0 spiro atoms. The average Bonchev–Trinajstić information content (AvgIpc) is 2.38. The van der Waals surface area contributed by atoms with Crippen molar-refractivity contribution in [2.45, 2.75) is 57.5 Å². The maximum absolute atomic E-state index is 11.0. The molecule has 1 N–H and O–H groups in total. The monoisotopic (exact) mass is 262 g/mol. The summed E-state index contributed by atoms with van der Waals surface area (Å²) >= 11 is 0. The van der Waals surface area contributed by atoms with Gasteiger partial charge in [0, 0.05) is 5.92 Å². The Hall–Kier alpha value is -1.51. The summed E-state index contributed by atoms with van der Waals surface area (Å²) in [6.45, 7) is 4.08. The minimum atomic E-state index is -1.16. The number of hydrogen-bond donors (Lipinski definition) is 1. The van der Waals surface area contributed by atoms with Gasteiger partial charge in [0.25, 0.3) is 0 Å². The number of ether oxygens (including phenoxy) is 1. The molecule has 0 aliphatic heterocycles. The summed E-state index contributed by atoms with van der Waals surface area (Å²) in [5.41, 5.74) is 1.97. The lowest BCUT2D eigenvalue weighted by Crippen LogP contribution is -2.40. The van der Waals surface area contributed by atoms with Gasteiger partial charge >= 0.3 is 6.16 Å². The zero-order valence-electron chi connectivity index (χ0n) is 11.7. The molecule has 0 amide bonds. The Balaban J connectivity index is 2.36. The third kappa shape index (κ3) is 2.91. The first-order chi connectivity index (χ1) is 9.07. The highest BCUT2D eigenvalue weighted by molar-refractivity contribution is 5.58. The number of rotatable bonds is 3. The van der Waals surface area contributed by atoms with E-state index in [1.54, 1.807) is 0 Å². The van der Waals surface area contributed by atoms with E-state index in [-0.39, 0.29) is 5.92 Å². The summed E-state index contributed by atoms with van der Waals surface area (Å²) in [5, 5.41) is 9.00. The third-order valence-electron chi connectivity index (χ3n) is 4.28. The highest BCUT2D eigenvalue weighted by Gasteiger charge is 2.41. The van der Waals surface area contributed by atoms with Crippen LogP contribution in [0.1, 0.15) is 56.6 Å². The van der Waals surface area contributed by atoms with E-state index in [1.165, 1.54) is 11.1 Å². The quantitative estimate of drug-likeness (QED) is 0.823. The van der Waals surface area contributed by atoms with Crippen LogP contribution >= 0.6 is 0 Å². The van der Waals surface area contributed by atoms with Gasteiger partial charge in [-0.3, -0.25) is 0 Å². The molecule has 1 aliphatic carbocycles. The maximum atomic E-state index is 11.0. The van der Waals surface area contributed by atoms with Crippen LogP contribution in [0.5, 0.6) is 0 Å². The van der Waals surface area contributed by atoms with Crippen molar-refractivity contribution < 1.29 is 14.6 Å². The lowest BCUT2D eigenvalue weighted by Gasteiger charge is -2.40. The molecule has 1 saturated carbocycles. The van der Waals surface area contributed by atoms with E-state index in [2.05, 4.69) is 19.1 Å². The highest BCUT2D eigenvalue weighted by atomic mass is 16.7. The molecule has 104 valence electrons. The van der Waals surface area contributed by atoms with Crippen LogP contribution in [-0.4, -0.2) is 16.9 Å². The van der Waals surface area contributed by atoms with Crippen LogP contribution in [0.15, 0.2) is 24.3 Å². The molecule has 1 aromatic rings. The van der Waals surface area contributed by atoms with Crippen molar-refractivity contribution in [2.75, 3.05) is 0 Å². The van der Waals surface area contributed by atoms with Gasteiger partial charge in [-0.2, -0.15) is 0 Å². The van der Waals surface area contributed by atoms with Crippen molar-refractivity contribution in [1.82, 2.24) is 0 Å². The predicted octanol–water partition coefficient (Wildman–Crippen LogP) is 4.36. The van der Waals surface area contributed by atoms with Gasteiger partial charge in [-0.15, -0.1) is 0 Å². The highest BCUT2D eigenvalue weighted by Crippen LogP contribution is 2.44. The van der Waals surface area contributed by atoms with E-state index in [0.29, 0.717) is 0 Å². The van der Waals surface area contributed by atoms with Gasteiger partial charge in [0.05, 0.1) is 0 Å². The SMILES string of the molecule is CCc1ccccc1C1CCCCC1(C)OC(=O)O. The lowest BCUT2D eigenvalue weighted by molar-refractivity contribution is -0.0434. The summed E-state index contributed by atoms with van der Waals surface area (Å²) < 4.78 is 5.26. The van der Waals surface area contributed by atoms with Gasteiger partial charge in [0.1, 0.15) is 5.60 Å². The molecule has 3 heteroatoms. The maximum Gasteiger partial charge on any atom is 0.506 e. The standard InChI is InChI=1S/C16H22O3/c1-3-12-8-4-5-9-13(12)14-10-6-7-11-16(14,2)19-15(17)18/h4-5,8-9,14H,3,6-7,10-11H2,1-2H3,(H,17,18). The average molecular weight is 262 g/mol. The fourth-order valence-electron chi connectivity index (χ4n) is 3.31. The number of benzene rings is 1. The van der Waals surface area contributed by atoms with Crippen LogP contribution in [0.3, 0.4) is 0 Å². The van der Waals surface area contributed by atoms with Crippen LogP contribution in [0.4, 0.5) is 4.79 Å². The second kappa shape index (κ2) is 5.64. The number of hydrogen-bond acceptors (Lipinski definition) is 2. The Morgan fingerprint density at radius 2 is 2.16 bits per heavy atom. The summed E-state index contributed by atoms with van der Waals surface area (Å²) in [5.74, 6) is 0.175. The second-order valence-electron chi connectivity index (χ2n) is 5.53. The van der Waals surface area contributed by atoms with Crippen LogP contribution < -0.4 is 0 Å². The number of aryl methyl sites for hydroxylation is 1. The fourth-order valence-corrected chi connectivity index (χ4v) is 3.31. The van der Waals surface area contributed by atoms with Gasteiger partial charge < -0.3 is 9.84 Å². The van der Waals surface area contributed by atoms with E-state index in [4.69, 9.17) is 9.84 Å². The molecule has 19 heavy (non-hydrogen) atoms. The van der Waals surface area contributed by atoms with E-state index in [1.807, 2.05) is 19.1 Å². The van der Waals surface area contributed by atoms with Crippen LogP contribution in [-0.2, 0) is 11.2 Å². The molecular weight excluding hydrogens is 240 g/mol. The zero-order chi connectivity index (χ0) is 13.9. The Kier molecular flexibility index (Phi) is 4.13. The zero-order valence-corrected chi connectivity index (χ0v) is 11.7. The second-order valence-corrected chi connectivity index (χ2v) is 5.53. The summed E-state index contributed by atoms with van der Waals surface area (Å²) in [4.78, 5) is 11.0. The van der Waals surface area contributed by atoms with Crippen molar-refractivity contribution in [3.8, 4) is 0 Å². The summed E-state index contributed by atoms with van der Waals surface area (Å²) in [7, 11) is 0. The molecule has 0 heterocycles. The van der Waals surface area contributed by atoms with Gasteiger partial charge in [-0.05, 0) is 43.7 Å². The van der Waals surface area contributed by atoms with Crippen molar-refractivity contribution in [3.63, 3.8) is 0 Å². The fraction of sp³-hybridized carbons (Fsp3) is 0.562. The smallest absolute Gasteiger partial charge is 0.450 e. The molecule has 3 nitrogen and oxygen atoms in total. The molecular formula is C16H22O3. The topological polar surface area (TPSA) is 46.5 Å². The van der Waals surface area contributed by atoms with Crippen molar-refractivity contribution in [1.29, 1.82) is 0 Å². The predicted molar refractivity (Wildman–Crippen MR) is 74.5 cm³/mol. The Bertz CT molecular complexity index is 455. The molecule has 2 atom stereocenters. The minimum Gasteiger partial charge on any atom is -0.450 e. The largest absolute Gasteiger partial charge is 0.506 e. The molecule has 1 aromatic carbocycles. The third-order valence-corrected chi connectivity index (χ3v) is 4.28. The molecule has 0 radical (unpaired) electrons. The van der Waals surface area contributed by atoms with Crippen molar-refractivity contribution >= 4 is 6.16 Å². The molecule has 2 unspecified atom stereocenters. The first-order valence-electron chi connectivity index (χ1n) is 7.06. The van der Waals surface area contributed by atoms with Gasteiger partial charge in [0.2, 0.25) is 0 Å². The van der Waals surface area contributed by atoms with Gasteiger partial charge in [-0.25, -0.2) is 4.79 Å². The number of carboxylic acid groups (broad SMARTS) is 1. The summed E-state index contributed by atoms with van der Waals surface area (Å²) in [6, 6.07) is 8.33. The van der Waals surface area contributed by atoms with E-state index in [0.717, 1.165) is 32.1 Å². The first kappa shape index (κ1) is 13.9. The van der Waals surface area contributed by atoms with Crippen molar-refractivity contribution in [3.05, 3.63) is 35.4 Å². The van der Waals surface area contributed by atoms with Crippen molar-refractivity contribution in [2.24, 2.45) is 0 Å². The Morgan fingerprint density at radius 3 is 2.84 bits per heavy atom. The summed E-state index contributed by atoms with van der Waals surface area (Å²) in [6.07, 6.45) is 3.79. The van der Waals surface area contributed by atoms with Gasteiger partial charge in [-0.1, -0.05) is 37.6 Å². The van der Waals surface area contributed by atoms with E-state index in [9.17, 15) is 4.79 Å². The van der Waals surface area contributed by atoms with Gasteiger partial charge in [0.15, 0.2) is 0 Å². The molecule has 0 bridgehead atoms. The lowest BCUT2D eigenvalue weighted by atomic mass is 9.71. The van der Waals surface area contributed by atoms with Crippen LogP contribution in [0, 0.1) is 0 Å². The normalized spacial score (nSPS) is 26.9. The minimum absolute atomic E-state index is 0.175. The van der Waals surface area contributed by atoms with E-state index < -0.39 is 11.8 Å². The van der Waals surface area contributed by atoms with Crippen LogP contribution in [0.25, 0.3) is 0 Å². The first-order valence-corrected chi connectivity index (χ1v) is 7.06. The number of carbonyl (C=O) groups is 1. The van der Waals surface area contributed by atoms with Crippen LogP contribution in [0.2, 0.25) is 0 Å². The Morgan fingerprint density at radius 1 is 1.42 bits per heavy atom. The molecule has 0 saturated heterocycles. The molecule has 1 fully saturated rings. The Labute approximate surface area is 114 Å².